The van der Waals surface area contributed by atoms with Crippen LogP contribution in [0.1, 0.15) is 0 Å². The zero-order chi connectivity index (χ0) is 2.71. The van der Waals surface area contributed by atoms with Crippen molar-refractivity contribution >= 4 is 16.3 Å². The Balaban J connectivity index is -0.0000000200. The minimum Gasteiger partial charge on any atom is -1.00 e. The van der Waals surface area contributed by atoms with Gasteiger partial charge in [-0.1, -0.05) is 0 Å². The van der Waals surface area contributed by atoms with E-state index in [1.54, 1.807) is 4.94 Å². The summed E-state index contributed by atoms with van der Waals surface area (Å²) in [4.78, 5) is 1.67. The molecule has 0 radical (unpaired) electrons. The standard InChI is InChI=1S/C2H3.Al.2ClH/c1-2;;;/h1H,2H2;;2*1H/q;+2;;/p-2. The van der Waals surface area contributed by atoms with E-state index in [9.17, 15) is 0 Å². The summed E-state index contributed by atoms with van der Waals surface area (Å²) >= 11 is 2.34. The van der Waals surface area contributed by atoms with Gasteiger partial charge in [0, 0.05) is 0 Å². The number of hydrogen-bond acceptors (Lipinski definition) is 0. The van der Waals surface area contributed by atoms with Crippen LogP contribution >= 0.6 is 0 Å². The van der Waals surface area contributed by atoms with Crippen LogP contribution in [-0.2, 0) is 0 Å². The summed E-state index contributed by atoms with van der Waals surface area (Å²) in [7, 11) is 0. The van der Waals surface area contributed by atoms with Crippen LogP contribution in [0, 0.1) is 0 Å². The second-order valence-corrected chi connectivity index (χ2v) is 0.707. The predicted octanol–water partition coefficient (Wildman–Crippen LogP) is -5.69. The molecule has 0 N–H and O–H groups in total. The zero-order valence-electron chi connectivity index (χ0n) is 2.62. The molecule has 0 rings (SSSR count). The van der Waals surface area contributed by atoms with Gasteiger partial charge in [0.1, 0.15) is 0 Å². The molecule has 5 heavy (non-hydrogen) atoms. The van der Waals surface area contributed by atoms with Crippen LogP contribution in [0.3, 0.4) is 0 Å². The fourth-order valence-corrected chi connectivity index (χ4v) is 0. The molecular formula is C2H3AlCl2. The van der Waals surface area contributed by atoms with Crippen LogP contribution in [-0.4, -0.2) is 16.3 Å². The van der Waals surface area contributed by atoms with E-state index in [4.69, 9.17) is 0 Å². The molecule has 0 aromatic carbocycles. The van der Waals surface area contributed by atoms with Crippen molar-refractivity contribution in [1.29, 1.82) is 0 Å². The first-order valence-corrected chi connectivity index (χ1v) is 1.41. The smallest absolute Gasteiger partial charge is 1.00 e. The van der Waals surface area contributed by atoms with Gasteiger partial charge >= 0.3 is 27.8 Å². The first kappa shape index (κ1) is 16.9. The van der Waals surface area contributed by atoms with E-state index < -0.39 is 0 Å². The van der Waals surface area contributed by atoms with Crippen molar-refractivity contribution in [2.24, 2.45) is 0 Å². The minimum absolute atomic E-state index is 0. The van der Waals surface area contributed by atoms with Gasteiger partial charge in [0.05, 0.1) is 0 Å². The molecule has 0 fully saturated rings. The summed E-state index contributed by atoms with van der Waals surface area (Å²) in [5.41, 5.74) is 0. The molecule has 0 aromatic rings. The van der Waals surface area contributed by atoms with Crippen molar-refractivity contribution in [2.45, 2.75) is 0 Å². The number of halogens is 2. The summed E-state index contributed by atoms with van der Waals surface area (Å²) in [6, 6.07) is 0. The SMILES string of the molecule is C=[CH][Al+2].[Cl-].[Cl-]. The third-order valence-corrected chi connectivity index (χ3v) is 0. The van der Waals surface area contributed by atoms with Gasteiger partial charge in [0.25, 0.3) is 0 Å². The molecule has 0 saturated carbocycles. The Morgan fingerprint density at radius 2 is 1.40 bits per heavy atom. The van der Waals surface area contributed by atoms with Crippen molar-refractivity contribution in [2.75, 3.05) is 0 Å². The Kier molecular flexibility index (Phi) is 71.1. The minimum atomic E-state index is 0. The van der Waals surface area contributed by atoms with Crippen molar-refractivity contribution in [3.63, 3.8) is 0 Å². The Morgan fingerprint density at radius 1 is 1.40 bits per heavy atom. The molecule has 0 aliphatic heterocycles. The van der Waals surface area contributed by atoms with Crippen LogP contribution in [0.25, 0.3) is 0 Å². The van der Waals surface area contributed by atoms with Gasteiger partial charge in [0.2, 0.25) is 0 Å². The fourth-order valence-electron chi connectivity index (χ4n) is 0. The Morgan fingerprint density at radius 3 is 1.40 bits per heavy atom. The van der Waals surface area contributed by atoms with E-state index in [-0.39, 0.29) is 24.8 Å². The normalized spacial score (nSPS) is 2.80. The topological polar surface area (TPSA) is 0 Å². The van der Waals surface area contributed by atoms with Crippen molar-refractivity contribution < 1.29 is 24.8 Å². The maximum Gasteiger partial charge on any atom is -1.00 e. The van der Waals surface area contributed by atoms with Crippen LogP contribution < -0.4 is 24.8 Å². The predicted molar refractivity (Wildman–Crippen MR) is 16.0 cm³/mol. The van der Waals surface area contributed by atoms with Crippen molar-refractivity contribution in [3.8, 4) is 0 Å². The van der Waals surface area contributed by atoms with Gasteiger partial charge in [-0.3, -0.25) is 0 Å². The fraction of sp³-hybridized carbons (Fsp3) is 0. The molecule has 0 aliphatic rings. The average Bonchev–Trinajstić information content (AvgIpc) is 0.918. The Labute approximate surface area is 52.9 Å². The maximum absolute atomic E-state index is 3.32. The Hall–Kier alpha value is 0.852. The van der Waals surface area contributed by atoms with E-state index in [2.05, 4.69) is 22.9 Å². The van der Waals surface area contributed by atoms with E-state index >= 15 is 0 Å². The first-order valence-electron chi connectivity index (χ1n) is 0.742. The van der Waals surface area contributed by atoms with E-state index in [1.807, 2.05) is 0 Å². The molecule has 0 atom stereocenters. The van der Waals surface area contributed by atoms with Crippen molar-refractivity contribution in [3.05, 3.63) is 11.5 Å². The van der Waals surface area contributed by atoms with Gasteiger partial charge in [-0.15, -0.1) is 0 Å². The Bertz CT molecular complexity index is 15.1. The molecular weight excluding hydrogens is 122 g/mol. The summed E-state index contributed by atoms with van der Waals surface area (Å²) < 4.78 is 0. The zero-order valence-corrected chi connectivity index (χ0v) is 5.28. The maximum atomic E-state index is 3.32. The quantitative estimate of drug-likeness (QED) is 0.283. The average molecular weight is 125 g/mol. The van der Waals surface area contributed by atoms with Crippen LogP contribution in [0.5, 0.6) is 0 Å². The van der Waals surface area contributed by atoms with E-state index in [0.717, 1.165) is 0 Å². The van der Waals surface area contributed by atoms with Gasteiger partial charge in [-0.25, -0.2) is 0 Å². The van der Waals surface area contributed by atoms with Gasteiger partial charge in [0.15, 0.2) is 0 Å². The molecule has 0 saturated heterocycles. The monoisotopic (exact) mass is 124 g/mol. The van der Waals surface area contributed by atoms with Crippen LogP contribution in [0.4, 0.5) is 0 Å². The van der Waals surface area contributed by atoms with Crippen LogP contribution in [0.2, 0.25) is 0 Å². The first-order chi connectivity index (χ1) is 1.41. The third-order valence-electron chi connectivity index (χ3n) is 0. The summed E-state index contributed by atoms with van der Waals surface area (Å²) in [5, 5.41) is 0. The molecule has 0 bridgehead atoms. The third kappa shape index (κ3) is 54.3. The van der Waals surface area contributed by atoms with Crippen molar-refractivity contribution in [1.82, 2.24) is 0 Å². The summed E-state index contributed by atoms with van der Waals surface area (Å²) in [6.07, 6.45) is 0. The number of rotatable bonds is 0. The second-order valence-electron chi connectivity index (χ2n) is 0.236. The molecule has 0 unspecified atom stereocenters. The molecule has 0 amide bonds. The largest absolute Gasteiger partial charge is 1.00 e. The molecule has 0 aromatic heterocycles. The van der Waals surface area contributed by atoms with Gasteiger partial charge < -0.3 is 24.8 Å². The molecule has 0 nitrogen and oxygen atoms in total. The molecule has 0 spiro atoms. The van der Waals surface area contributed by atoms with Gasteiger partial charge in [-0.05, 0) is 0 Å². The van der Waals surface area contributed by atoms with Gasteiger partial charge in [-0.2, -0.15) is 0 Å². The summed E-state index contributed by atoms with van der Waals surface area (Å²) in [5.74, 6) is 0. The van der Waals surface area contributed by atoms with Crippen LogP contribution in [0.15, 0.2) is 11.5 Å². The molecule has 3 heteroatoms. The molecule has 0 aliphatic carbocycles. The van der Waals surface area contributed by atoms with E-state index in [1.165, 1.54) is 0 Å². The van der Waals surface area contributed by atoms with E-state index in [0.29, 0.717) is 0 Å². The number of hydrogen-bond donors (Lipinski definition) is 0. The molecule has 28 valence electrons. The molecule has 0 heterocycles. The second kappa shape index (κ2) is 21.0. The summed E-state index contributed by atoms with van der Waals surface area (Å²) in [6.45, 7) is 3.32.